The summed E-state index contributed by atoms with van der Waals surface area (Å²) in [5, 5.41) is 10.1. The van der Waals surface area contributed by atoms with Gasteiger partial charge < -0.3 is 16.2 Å². The molecule has 1 aliphatic rings. The summed E-state index contributed by atoms with van der Waals surface area (Å²) >= 11 is 0. The fourth-order valence-electron chi connectivity index (χ4n) is 2.17. The number of aromatic amines is 1. The smallest absolute Gasteiger partial charge is 0.351 e. The van der Waals surface area contributed by atoms with Crippen LogP contribution in [0.4, 0.5) is 0 Å². The predicted octanol–water partition coefficient (Wildman–Crippen LogP) is 1.88. The zero-order valence-corrected chi connectivity index (χ0v) is 16.8. The van der Waals surface area contributed by atoms with Crippen molar-refractivity contribution >= 4 is 7.92 Å². The predicted molar refractivity (Wildman–Crippen MR) is 86.5 cm³/mol. The normalized spacial score (nSPS) is 16.2. The summed E-state index contributed by atoms with van der Waals surface area (Å²) in [5.74, 6) is 0. The Morgan fingerprint density at radius 1 is 1.10 bits per heavy atom. The zero-order chi connectivity index (χ0) is 14.8. The van der Waals surface area contributed by atoms with Gasteiger partial charge in [0.15, 0.2) is 0 Å². The number of likely N-dealkylation sites (N-methyl/N-ethyl adjacent to an activating group) is 1. The minimum atomic E-state index is 0. The average Bonchev–Trinajstić information content (AvgIpc) is 2.97. The Hall–Kier alpha value is 0.230. The number of nitrogens with zero attached hydrogens (tertiary/aromatic N) is 4. The van der Waals surface area contributed by atoms with Gasteiger partial charge in [-0.3, -0.25) is 10.00 Å². The maximum atomic E-state index is 3.63. The molecule has 1 N–H and O–H groups in total. The van der Waals surface area contributed by atoms with Crippen LogP contribution in [0.25, 0.3) is 0 Å². The summed E-state index contributed by atoms with van der Waals surface area (Å²) in [7, 11) is 2.60. The van der Waals surface area contributed by atoms with Crippen molar-refractivity contribution in [2.75, 3.05) is 51.7 Å². The van der Waals surface area contributed by atoms with Crippen LogP contribution >= 0.6 is 7.92 Å². The topological polar surface area (TPSA) is 48.1 Å². The van der Waals surface area contributed by atoms with Crippen molar-refractivity contribution in [2.45, 2.75) is 27.3 Å². The first-order chi connectivity index (χ1) is 9.69. The molecule has 1 aromatic rings. The monoisotopic (exact) mass is 495 g/mol. The molecular formula is C14H29AuN5P. The molecule has 0 radical (unpaired) electrons. The first-order valence-electron chi connectivity index (χ1n) is 7.60. The van der Waals surface area contributed by atoms with Crippen LogP contribution in [0.1, 0.15) is 26.5 Å². The molecule has 5 nitrogen and oxygen atoms in total. The molecule has 0 bridgehead atoms. The zero-order valence-electron chi connectivity index (χ0n) is 13.7. The summed E-state index contributed by atoms with van der Waals surface area (Å²) < 4.78 is 0. The molecule has 1 saturated heterocycles. The number of hydrogen-bond donors (Lipinski definition) is 1. The van der Waals surface area contributed by atoms with Crippen molar-refractivity contribution < 1.29 is 22.4 Å². The third kappa shape index (κ3) is 9.07. The molecule has 0 aromatic carbocycles. The number of rotatable bonds is 5. The number of nitrogens with one attached hydrogen (secondary N) is 1. The Balaban J connectivity index is 0.000000436. The Labute approximate surface area is 146 Å². The Bertz CT molecular complexity index is 319. The maximum Gasteiger partial charge on any atom is 1.00 e. The quantitative estimate of drug-likeness (QED) is 0.385. The second-order valence-electron chi connectivity index (χ2n) is 5.10. The standard InChI is InChI=1S/C8H14N5.C6H15P.Au/c1-12-2-4-13(5-3-12)7-8-6-9-11-10-8;1-4-7(5-2)6-3;/h2-5,7H2,1H3,(H,9,10,11);4-6H2,1-3H3;/q-1;;+1. The molecule has 0 amide bonds. The van der Waals surface area contributed by atoms with Gasteiger partial charge in [0.05, 0.1) is 0 Å². The summed E-state index contributed by atoms with van der Waals surface area (Å²) in [4.78, 5) is 4.72. The van der Waals surface area contributed by atoms with E-state index in [9.17, 15) is 0 Å². The molecule has 1 fully saturated rings. The maximum absolute atomic E-state index is 3.63. The number of H-pyrrole nitrogens is 1. The summed E-state index contributed by atoms with van der Waals surface area (Å²) in [6, 6.07) is 0. The first-order valence-corrected chi connectivity index (χ1v) is 9.50. The third-order valence-corrected chi connectivity index (χ3v) is 6.42. The van der Waals surface area contributed by atoms with Crippen LogP contribution in [-0.4, -0.2) is 76.9 Å². The van der Waals surface area contributed by atoms with Gasteiger partial charge in [-0.25, -0.2) is 0 Å². The fourth-order valence-corrected chi connectivity index (χ4v) is 3.51. The average molecular weight is 495 g/mol. The van der Waals surface area contributed by atoms with Gasteiger partial charge in [-0.1, -0.05) is 20.8 Å². The molecule has 0 unspecified atom stereocenters. The molecule has 0 saturated carbocycles. The largest absolute Gasteiger partial charge is 1.00 e. The van der Waals surface area contributed by atoms with E-state index < -0.39 is 0 Å². The molecular weight excluding hydrogens is 466 g/mol. The van der Waals surface area contributed by atoms with Crippen molar-refractivity contribution in [3.63, 3.8) is 0 Å². The molecule has 0 aliphatic carbocycles. The molecule has 1 aliphatic heterocycles. The molecule has 2 rings (SSSR count). The molecule has 126 valence electrons. The van der Waals surface area contributed by atoms with Gasteiger partial charge in [0, 0.05) is 32.7 Å². The minimum Gasteiger partial charge on any atom is -0.351 e. The molecule has 21 heavy (non-hydrogen) atoms. The van der Waals surface area contributed by atoms with E-state index in [0.29, 0.717) is 7.92 Å². The van der Waals surface area contributed by atoms with Crippen molar-refractivity contribution in [1.29, 1.82) is 0 Å². The van der Waals surface area contributed by atoms with E-state index in [2.05, 4.69) is 59.2 Å². The van der Waals surface area contributed by atoms with E-state index in [4.69, 9.17) is 0 Å². The second-order valence-corrected chi connectivity index (χ2v) is 8.34. The van der Waals surface area contributed by atoms with E-state index in [-0.39, 0.29) is 22.4 Å². The van der Waals surface area contributed by atoms with E-state index in [0.717, 1.165) is 38.4 Å². The Morgan fingerprint density at radius 3 is 2.05 bits per heavy atom. The number of aromatic nitrogens is 3. The second kappa shape index (κ2) is 12.7. The summed E-state index contributed by atoms with van der Waals surface area (Å²) in [5.41, 5.74) is 0.976. The number of hydrogen-bond acceptors (Lipinski definition) is 4. The van der Waals surface area contributed by atoms with Crippen molar-refractivity contribution in [1.82, 2.24) is 25.2 Å². The Kier molecular flexibility index (Phi) is 12.9. The number of piperazine rings is 1. The van der Waals surface area contributed by atoms with Gasteiger partial charge in [0.1, 0.15) is 0 Å². The van der Waals surface area contributed by atoms with Gasteiger partial charge >= 0.3 is 22.4 Å². The first kappa shape index (κ1) is 21.2. The van der Waals surface area contributed by atoms with Crippen molar-refractivity contribution in [3.8, 4) is 0 Å². The SMILES string of the molecule is CCP(CC)CC.CN1CCN(Cc2[c-]nn[nH]2)CC1.[Au+]. The van der Waals surface area contributed by atoms with Crippen LogP contribution in [0.15, 0.2) is 0 Å². The molecule has 0 atom stereocenters. The van der Waals surface area contributed by atoms with Crippen LogP contribution in [0.2, 0.25) is 0 Å². The van der Waals surface area contributed by atoms with Gasteiger partial charge in [-0.2, -0.15) is 0 Å². The summed E-state index contributed by atoms with van der Waals surface area (Å²) in [6.07, 6.45) is 7.08. The van der Waals surface area contributed by atoms with Gasteiger partial charge in [-0.15, -0.1) is 18.8 Å². The van der Waals surface area contributed by atoms with Gasteiger partial charge in [0.25, 0.3) is 0 Å². The fraction of sp³-hybridized carbons (Fsp3) is 0.857. The van der Waals surface area contributed by atoms with E-state index >= 15 is 0 Å². The Morgan fingerprint density at radius 2 is 1.67 bits per heavy atom. The molecule has 1 aromatic heterocycles. The van der Waals surface area contributed by atoms with Gasteiger partial charge in [-0.05, 0) is 25.5 Å². The van der Waals surface area contributed by atoms with E-state index in [1.165, 1.54) is 18.5 Å². The molecule has 2 heterocycles. The minimum absolute atomic E-state index is 0. The van der Waals surface area contributed by atoms with E-state index in [1.54, 1.807) is 0 Å². The third-order valence-electron chi connectivity index (χ3n) is 3.74. The molecule has 0 spiro atoms. The van der Waals surface area contributed by atoms with Crippen LogP contribution in [0.5, 0.6) is 0 Å². The van der Waals surface area contributed by atoms with E-state index in [1.807, 2.05) is 0 Å². The van der Waals surface area contributed by atoms with Gasteiger partial charge in [0.2, 0.25) is 0 Å². The summed E-state index contributed by atoms with van der Waals surface area (Å²) in [6.45, 7) is 12.3. The van der Waals surface area contributed by atoms with Crippen molar-refractivity contribution in [2.24, 2.45) is 0 Å². The van der Waals surface area contributed by atoms with Crippen LogP contribution in [-0.2, 0) is 28.9 Å². The van der Waals surface area contributed by atoms with Crippen LogP contribution in [0.3, 0.4) is 0 Å². The molecule has 7 heteroatoms. The van der Waals surface area contributed by atoms with Crippen LogP contribution < -0.4 is 0 Å². The van der Waals surface area contributed by atoms with Crippen molar-refractivity contribution in [3.05, 3.63) is 11.9 Å². The van der Waals surface area contributed by atoms with Crippen LogP contribution in [0, 0.1) is 6.20 Å².